The van der Waals surface area contributed by atoms with Gasteiger partial charge in [-0.05, 0) is 13.8 Å². The van der Waals surface area contributed by atoms with E-state index in [-0.39, 0.29) is 18.6 Å². The van der Waals surface area contributed by atoms with E-state index in [0.717, 1.165) is 0 Å². The molecule has 0 saturated carbocycles. The van der Waals surface area contributed by atoms with E-state index in [1.165, 1.54) is 14.0 Å². The van der Waals surface area contributed by atoms with Crippen LogP contribution in [0.3, 0.4) is 0 Å². The zero-order valence-corrected chi connectivity index (χ0v) is 11.7. The first-order valence-electron chi connectivity index (χ1n) is 5.76. The van der Waals surface area contributed by atoms with Gasteiger partial charge in [0.2, 0.25) is 0 Å². The summed E-state index contributed by atoms with van der Waals surface area (Å²) in [6.07, 6.45) is 1.69. The Bertz CT molecular complexity index is 321. The predicted octanol–water partition coefficient (Wildman–Crippen LogP) is 1.71. The molecule has 0 aromatic heterocycles. The van der Waals surface area contributed by atoms with Crippen LogP contribution in [0.2, 0.25) is 0 Å². The molecule has 104 valence electrons. The molecule has 0 spiro atoms. The van der Waals surface area contributed by atoms with Crippen LogP contribution in [0.5, 0.6) is 0 Å². The highest BCUT2D eigenvalue weighted by Gasteiger charge is 2.46. The largest absolute Gasteiger partial charge is 0.466 e. The van der Waals surface area contributed by atoms with Crippen LogP contribution in [-0.4, -0.2) is 37.9 Å². The molecule has 0 bridgehead atoms. The molecule has 0 rings (SSSR count). The average molecular weight is 258 g/mol. The van der Waals surface area contributed by atoms with Crippen LogP contribution in [-0.2, 0) is 23.8 Å². The molecule has 1 unspecified atom stereocenters. The van der Waals surface area contributed by atoms with Gasteiger partial charge in [0.05, 0.1) is 20.3 Å². The second-order valence-electron chi connectivity index (χ2n) is 4.73. The highest BCUT2D eigenvalue weighted by atomic mass is 16.6. The lowest BCUT2D eigenvalue weighted by Crippen LogP contribution is -2.49. The van der Waals surface area contributed by atoms with Gasteiger partial charge in [0.15, 0.2) is 0 Å². The molecule has 0 aliphatic rings. The quantitative estimate of drug-likeness (QED) is 0.395. The zero-order chi connectivity index (χ0) is 14.4. The molecular weight excluding hydrogens is 236 g/mol. The Labute approximate surface area is 108 Å². The first kappa shape index (κ1) is 16.6. The Kier molecular flexibility index (Phi) is 6.05. The summed E-state index contributed by atoms with van der Waals surface area (Å²) >= 11 is 0. The fourth-order valence-corrected chi connectivity index (χ4v) is 1.05. The summed E-state index contributed by atoms with van der Waals surface area (Å²) in [5.41, 5.74) is -2.10. The van der Waals surface area contributed by atoms with Gasteiger partial charge in [-0.1, -0.05) is 19.9 Å². The maximum absolute atomic E-state index is 11.8. The SMILES string of the molecule is C=CC(C)(C)COC(C)(C(=O)OC)C(=O)OCC. The number of hydrogen-bond donors (Lipinski definition) is 0. The van der Waals surface area contributed by atoms with Crippen molar-refractivity contribution in [2.45, 2.75) is 33.3 Å². The molecule has 18 heavy (non-hydrogen) atoms. The Balaban J connectivity index is 4.95. The predicted molar refractivity (Wildman–Crippen MR) is 67.0 cm³/mol. The molecular formula is C13H22O5. The third-order valence-electron chi connectivity index (χ3n) is 2.53. The van der Waals surface area contributed by atoms with E-state index < -0.39 is 17.5 Å². The van der Waals surface area contributed by atoms with Gasteiger partial charge >= 0.3 is 11.9 Å². The van der Waals surface area contributed by atoms with Crippen molar-refractivity contribution in [3.05, 3.63) is 12.7 Å². The van der Waals surface area contributed by atoms with Crippen molar-refractivity contribution < 1.29 is 23.8 Å². The van der Waals surface area contributed by atoms with Crippen LogP contribution >= 0.6 is 0 Å². The summed E-state index contributed by atoms with van der Waals surface area (Å²) in [5, 5.41) is 0. The molecule has 0 N–H and O–H groups in total. The zero-order valence-electron chi connectivity index (χ0n) is 11.7. The van der Waals surface area contributed by atoms with Gasteiger partial charge in [0.1, 0.15) is 0 Å². The smallest absolute Gasteiger partial charge is 0.349 e. The lowest BCUT2D eigenvalue weighted by atomic mass is 9.95. The normalized spacial score (nSPS) is 14.5. The number of hydrogen-bond acceptors (Lipinski definition) is 5. The summed E-state index contributed by atoms with van der Waals surface area (Å²) in [6.45, 7) is 10.7. The van der Waals surface area contributed by atoms with Gasteiger partial charge in [-0.3, -0.25) is 0 Å². The van der Waals surface area contributed by atoms with E-state index in [9.17, 15) is 9.59 Å². The number of ether oxygens (including phenoxy) is 3. The van der Waals surface area contributed by atoms with E-state index in [1.807, 2.05) is 13.8 Å². The van der Waals surface area contributed by atoms with Crippen LogP contribution in [0.25, 0.3) is 0 Å². The van der Waals surface area contributed by atoms with Crippen molar-refractivity contribution in [1.29, 1.82) is 0 Å². The summed E-state index contributed by atoms with van der Waals surface area (Å²) < 4.78 is 14.9. The molecule has 5 heteroatoms. The summed E-state index contributed by atoms with van der Waals surface area (Å²) in [5.74, 6) is -1.53. The number of carbonyl (C=O) groups excluding carboxylic acids is 2. The van der Waals surface area contributed by atoms with Crippen LogP contribution in [0.1, 0.15) is 27.7 Å². The van der Waals surface area contributed by atoms with Crippen LogP contribution < -0.4 is 0 Å². The number of carbonyl (C=O) groups is 2. The number of rotatable bonds is 7. The van der Waals surface area contributed by atoms with Crippen LogP contribution in [0.4, 0.5) is 0 Å². The molecule has 1 atom stereocenters. The highest BCUT2D eigenvalue weighted by molar-refractivity contribution is 6.03. The molecule has 0 heterocycles. The van der Waals surface area contributed by atoms with E-state index in [2.05, 4.69) is 11.3 Å². The fraction of sp³-hybridized carbons (Fsp3) is 0.692. The van der Waals surface area contributed by atoms with E-state index in [1.54, 1.807) is 13.0 Å². The number of methoxy groups -OCH3 is 1. The average Bonchev–Trinajstić information content (AvgIpc) is 2.35. The molecule has 0 aliphatic carbocycles. The highest BCUT2D eigenvalue weighted by Crippen LogP contribution is 2.23. The first-order valence-corrected chi connectivity index (χ1v) is 5.76. The molecule has 0 fully saturated rings. The third kappa shape index (κ3) is 4.14. The Morgan fingerprint density at radius 3 is 2.17 bits per heavy atom. The molecule has 5 nitrogen and oxygen atoms in total. The summed E-state index contributed by atoms with van der Waals surface area (Å²) in [7, 11) is 1.20. The molecule has 0 aliphatic heterocycles. The monoisotopic (exact) mass is 258 g/mol. The van der Waals surface area contributed by atoms with Crippen molar-refractivity contribution in [3.63, 3.8) is 0 Å². The summed E-state index contributed by atoms with van der Waals surface area (Å²) in [4.78, 5) is 23.5. The van der Waals surface area contributed by atoms with Crippen molar-refractivity contribution in [3.8, 4) is 0 Å². The van der Waals surface area contributed by atoms with Crippen LogP contribution in [0.15, 0.2) is 12.7 Å². The van der Waals surface area contributed by atoms with Gasteiger partial charge in [-0.15, -0.1) is 6.58 Å². The van der Waals surface area contributed by atoms with E-state index in [0.29, 0.717) is 0 Å². The van der Waals surface area contributed by atoms with Crippen molar-refractivity contribution >= 4 is 11.9 Å². The van der Waals surface area contributed by atoms with Crippen molar-refractivity contribution in [2.75, 3.05) is 20.3 Å². The molecule has 0 radical (unpaired) electrons. The maximum atomic E-state index is 11.8. The molecule has 0 amide bonds. The summed E-state index contributed by atoms with van der Waals surface area (Å²) in [6, 6.07) is 0. The minimum Gasteiger partial charge on any atom is -0.466 e. The topological polar surface area (TPSA) is 61.8 Å². The maximum Gasteiger partial charge on any atom is 0.349 e. The lowest BCUT2D eigenvalue weighted by Gasteiger charge is -2.29. The van der Waals surface area contributed by atoms with Gasteiger partial charge in [0, 0.05) is 5.41 Å². The molecule has 0 saturated heterocycles. The van der Waals surface area contributed by atoms with Gasteiger partial charge < -0.3 is 14.2 Å². The second-order valence-corrected chi connectivity index (χ2v) is 4.73. The van der Waals surface area contributed by atoms with Crippen LogP contribution in [0, 0.1) is 5.41 Å². The standard InChI is InChI=1S/C13H22O5/c1-7-12(3,4)9-18-13(5,10(14)16-6)11(15)17-8-2/h7H,1,8-9H2,2-6H3. The van der Waals surface area contributed by atoms with E-state index >= 15 is 0 Å². The minimum absolute atomic E-state index is 0.154. The third-order valence-corrected chi connectivity index (χ3v) is 2.53. The Morgan fingerprint density at radius 2 is 1.78 bits per heavy atom. The molecule has 0 aromatic rings. The molecule has 0 aromatic carbocycles. The van der Waals surface area contributed by atoms with E-state index in [4.69, 9.17) is 9.47 Å². The van der Waals surface area contributed by atoms with Gasteiger partial charge in [-0.25, -0.2) is 9.59 Å². The Morgan fingerprint density at radius 1 is 1.22 bits per heavy atom. The lowest BCUT2D eigenvalue weighted by molar-refractivity contribution is -0.189. The Hall–Kier alpha value is -1.36. The minimum atomic E-state index is -1.74. The second kappa shape index (κ2) is 6.54. The van der Waals surface area contributed by atoms with Crippen molar-refractivity contribution in [2.24, 2.45) is 5.41 Å². The van der Waals surface area contributed by atoms with Crippen molar-refractivity contribution in [1.82, 2.24) is 0 Å². The van der Waals surface area contributed by atoms with Gasteiger partial charge in [-0.2, -0.15) is 0 Å². The number of esters is 2. The fourth-order valence-electron chi connectivity index (χ4n) is 1.05. The first-order chi connectivity index (χ1) is 8.23. The van der Waals surface area contributed by atoms with Gasteiger partial charge in [0.25, 0.3) is 5.60 Å².